The zero-order chi connectivity index (χ0) is 26.6. The van der Waals surface area contributed by atoms with E-state index in [0.29, 0.717) is 16.4 Å². The second kappa shape index (κ2) is 11.6. The highest BCUT2D eigenvalue weighted by Gasteiger charge is 2.28. The number of pyridine rings is 1. The van der Waals surface area contributed by atoms with Gasteiger partial charge in [-0.05, 0) is 65.4 Å². The lowest BCUT2D eigenvalue weighted by atomic mass is 10.1. The standard InChI is InChI=1S/C22H18Cl2IN5O6/c1-11-7-12(23)8-14(19(31)28-30(21(33)35-2)22(34)36-3)17(11)27-20(32)16-9-13(25)10-29(16)18-15(24)5-4-6-26-18/h4-10H,1-3H3,(H,27,32)(H,28,31). The van der Waals surface area contributed by atoms with E-state index in [-0.39, 0.29) is 27.0 Å². The Morgan fingerprint density at radius 3 is 2.33 bits per heavy atom. The van der Waals surface area contributed by atoms with E-state index in [2.05, 4.69) is 25.2 Å². The second-order valence-corrected chi connectivity index (χ2v) is 9.13. The molecule has 2 heterocycles. The molecule has 0 aliphatic carbocycles. The van der Waals surface area contributed by atoms with Gasteiger partial charge in [0.1, 0.15) is 5.69 Å². The summed E-state index contributed by atoms with van der Waals surface area (Å²) in [4.78, 5) is 54.5. The van der Waals surface area contributed by atoms with Crippen LogP contribution in [0, 0.1) is 10.5 Å². The number of hydrazine groups is 1. The van der Waals surface area contributed by atoms with Gasteiger partial charge in [-0.15, -0.1) is 5.01 Å². The van der Waals surface area contributed by atoms with E-state index in [1.807, 2.05) is 22.6 Å². The molecule has 11 nitrogen and oxygen atoms in total. The van der Waals surface area contributed by atoms with Crippen molar-refractivity contribution >= 4 is 75.5 Å². The SMILES string of the molecule is COC(=O)N(NC(=O)c1cc(Cl)cc(C)c1NC(=O)c1cc(I)cn1-c1ncccc1Cl)C(=O)OC. The van der Waals surface area contributed by atoms with E-state index in [4.69, 9.17) is 23.2 Å². The Morgan fingerprint density at radius 2 is 1.72 bits per heavy atom. The molecule has 0 aliphatic heterocycles. The number of nitrogens with one attached hydrogen (secondary N) is 2. The van der Waals surface area contributed by atoms with Crippen molar-refractivity contribution < 1.29 is 28.7 Å². The van der Waals surface area contributed by atoms with Crippen molar-refractivity contribution in [3.63, 3.8) is 0 Å². The van der Waals surface area contributed by atoms with Crippen LogP contribution in [-0.4, -0.2) is 52.8 Å². The quantitative estimate of drug-likeness (QED) is 0.307. The number of ether oxygens (including phenoxy) is 2. The maximum absolute atomic E-state index is 13.3. The predicted molar refractivity (Wildman–Crippen MR) is 140 cm³/mol. The van der Waals surface area contributed by atoms with Crippen LogP contribution in [0.4, 0.5) is 15.3 Å². The number of carbonyl (C=O) groups excluding carboxylic acids is 4. The van der Waals surface area contributed by atoms with Crippen LogP contribution in [0.1, 0.15) is 26.4 Å². The smallest absolute Gasteiger partial charge is 0.438 e. The van der Waals surface area contributed by atoms with Crippen LogP contribution in [0.25, 0.3) is 5.82 Å². The highest BCUT2D eigenvalue weighted by molar-refractivity contribution is 14.1. The number of aryl methyl sites for hydroxylation is 1. The first-order valence-corrected chi connectivity index (χ1v) is 11.8. The summed E-state index contributed by atoms with van der Waals surface area (Å²) in [6.45, 7) is 1.62. The maximum atomic E-state index is 13.3. The molecule has 0 saturated heterocycles. The molecule has 1 aromatic carbocycles. The number of halogens is 3. The van der Waals surface area contributed by atoms with Crippen molar-refractivity contribution in [1.82, 2.24) is 20.0 Å². The number of nitrogens with zero attached hydrogens (tertiary/aromatic N) is 3. The molecule has 14 heteroatoms. The van der Waals surface area contributed by atoms with Gasteiger partial charge in [-0.2, -0.15) is 0 Å². The molecule has 2 aromatic heterocycles. The minimum Gasteiger partial charge on any atom is -0.451 e. The molecule has 0 radical (unpaired) electrons. The number of carbonyl (C=O) groups is 4. The van der Waals surface area contributed by atoms with E-state index < -0.39 is 24.0 Å². The number of methoxy groups -OCH3 is 2. The highest BCUT2D eigenvalue weighted by atomic mass is 127. The van der Waals surface area contributed by atoms with Crippen molar-refractivity contribution in [2.45, 2.75) is 6.92 Å². The van der Waals surface area contributed by atoms with Gasteiger partial charge in [-0.1, -0.05) is 23.2 Å². The van der Waals surface area contributed by atoms with E-state index in [1.54, 1.807) is 31.3 Å². The van der Waals surface area contributed by atoms with Crippen molar-refractivity contribution in [2.24, 2.45) is 0 Å². The minimum atomic E-state index is -1.20. The van der Waals surface area contributed by atoms with Crippen LogP contribution in [0.2, 0.25) is 10.0 Å². The number of anilines is 1. The molecule has 3 rings (SSSR count). The van der Waals surface area contributed by atoms with E-state index in [1.165, 1.54) is 22.9 Å². The highest BCUT2D eigenvalue weighted by Crippen LogP contribution is 2.28. The molecule has 0 atom stereocenters. The summed E-state index contributed by atoms with van der Waals surface area (Å²) in [5, 5.41) is 3.44. The minimum absolute atomic E-state index is 0.0893. The summed E-state index contributed by atoms with van der Waals surface area (Å²) in [5.41, 5.74) is 2.68. The van der Waals surface area contributed by atoms with Gasteiger partial charge in [0.25, 0.3) is 11.8 Å². The normalized spacial score (nSPS) is 10.4. The Morgan fingerprint density at radius 1 is 1.06 bits per heavy atom. The summed E-state index contributed by atoms with van der Waals surface area (Å²) >= 11 is 14.5. The predicted octanol–water partition coefficient (Wildman–Crippen LogP) is 4.82. The van der Waals surface area contributed by atoms with Gasteiger partial charge < -0.3 is 14.8 Å². The zero-order valence-electron chi connectivity index (χ0n) is 19.0. The average molecular weight is 646 g/mol. The fourth-order valence-corrected chi connectivity index (χ4v) is 4.17. The molecular weight excluding hydrogens is 628 g/mol. The van der Waals surface area contributed by atoms with E-state index in [9.17, 15) is 19.2 Å². The van der Waals surface area contributed by atoms with Crippen LogP contribution in [0.15, 0.2) is 42.7 Å². The third-order valence-electron chi connectivity index (χ3n) is 4.70. The maximum Gasteiger partial charge on any atom is 0.438 e. The molecule has 36 heavy (non-hydrogen) atoms. The van der Waals surface area contributed by atoms with Gasteiger partial charge in [0.05, 0.1) is 30.5 Å². The van der Waals surface area contributed by atoms with Crippen LogP contribution in [0.5, 0.6) is 0 Å². The fraction of sp³-hybridized carbons (Fsp3) is 0.136. The van der Waals surface area contributed by atoms with Gasteiger partial charge in [0.2, 0.25) is 0 Å². The molecule has 3 aromatic rings. The number of aromatic nitrogens is 2. The zero-order valence-corrected chi connectivity index (χ0v) is 22.6. The summed E-state index contributed by atoms with van der Waals surface area (Å²) in [6, 6.07) is 7.71. The second-order valence-electron chi connectivity index (χ2n) is 7.04. The number of amides is 4. The van der Waals surface area contributed by atoms with Gasteiger partial charge in [0.15, 0.2) is 5.82 Å². The Balaban J connectivity index is 2.00. The lowest BCUT2D eigenvalue weighted by Crippen LogP contribution is -2.50. The van der Waals surface area contributed by atoms with Gasteiger partial charge >= 0.3 is 12.2 Å². The lowest BCUT2D eigenvalue weighted by Gasteiger charge is -2.20. The topological polar surface area (TPSA) is 132 Å². The average Bonchev–Trinajstić information content (AvgIpc) is 3.24. The van der Waals surface area contributed by atoms with Crippen LogP contribution >= 0.6 is 45.8 Å². The lowest BCUT2D eigenvalue weighted by molar-refractivity contribution is 0.0636. The summed E-state index contributed by atoms with van der Waals surface area (Å²) < 4.78 is 11.2. The van der Waals surface area contributed by atoms with Gasteiger partial charge in [-0.3, -0.25) is 14.2 Å². The summed E-state index contributed by atoms with van der Waals surface area (Å²) in [5.74, 6) is -1.19. The molecule has 0 fully saturated rings. The van der Waals surface area contributed by atoms with Crippen LogP contribution in [-0.2, 0) is 9.47 Å². The third-order valence-corrected chi connectivity index (χ3v) is 5.80. The first-order chi connectivity index (χ1) is 17.1. The first-order valence-electron chi connectivity index (χ1n) is 9.94. The Hall–Kier alpha value is -3.36. The molecule has 0 saturated carbocycles. The first kappa shape index (κ1) is 27.2. The van der Waals surface area contributed by atoms with Crippen LogP contribution < -0.4 is 10.7 Å². The molecule has 0 unspecified atom stereocenters. The Kier molecular flexibility index (Phi) is 8.76. The third kappa shape index (κ3) is 5.88. The van der Waals surface area contributed by atoms with Crippen molar-refractivity contribution in [3.05, 3.63) is 73.2 Å². The number of rotatable bonds is 4. The Labute approximate surface area is 228 Å². The van der Waals surface area contributed by atoms with Gasteiger partial charge in [-0.25, -0.2) is 20.0 Å². The largest absolute Gasteiger partial charge is 0.451 e. The molecule has 0 bridgehead atoms. The monoisotopic (exact) mass is 645 g/mol. The van der Waals surface area contributed by atoms with Crippen molar-refractivity contribution in [3.8, 4) is 5.82 Å². The molecule has 4 amide bonds. The molecular formula is C22H18Cl2IN5O6. The Bertz CT molecular complexity index is 1350. The molecule has 2 N–H and O–H groups in total. The van der Waals surface area contributed by atoms with Crippen molar-refractivity contribution in [2.75, 3.05) is 19.5 Å². The molecule has 188 valence electrons. The number of imide groups is 1. The number of hydrogen-bond donors (Lipinski definition) is 2. The van der Waals surface area contributed by atoms with Crippen molar-refractivity contribution in [1.29, 1.82) is 0 Å². The van der Waals surface area contributed by atoms with Gasteiger partial charge in [0, 0.05) is 21.0 Å². The fourth-order valence-electron chi connectivity index (χ4n) is 3.11. The van der Waals surface area contributed by atoms with E-state index in [0.717, 1.165) is 17.8 Å². The number of hydrogen-bond acceptors (Lipinski definition) is 7. The van der Waals surface area contributed by atoms with E-state index >= 15 is 0 Å². The summed E-state index contributed by atoms with van der Waals surface area (Å²) in [6.07, 6.45) is 0.824. The van der Waals surface area contributed by atoms with Crippen LogP contribution in [0.3, 0.4) is 0 Å². The summed E-state index contributed by atoms with van der Waals surface area (Å²) in [7, 11) is 2.04. The molecule has 0 spiro atoms. The molecule has 0 aliphatic rings. The number of benzene rings is 1.